The summed E-state index contributed by atoms with van der Waals surface area (Å²) < 4.78 is 5.38. The van der Waals surface area contributed by atoms with E-state index in [0.717, 1.165) is 25.1 Å². The van der Waals surface area contributed by atoms with Crippen molar-refractivity contribution >= 4 is 6.09 Å². The summed E-state index contributed by atoms with van der Waals surface area (Å²) >= 11 is 0. The van der Waals surface area contributed by atoms with Crippen molar-refractivity contribution in [3.05, 3.63) is 48.3 Å². The third kappa shape index (κ3) is 2.82. The predicted molar refractivity (Wildman–Crippen MR) is 74.6 cm³/mol. The number of ether oxygens (including phenoxy) is 1. The third-order valence-electron chi connectivity index (χ3n) is 3.59. The topological polar surface area (TPSA) is 58.2 Å². The first kappa shape index (κ1) is 12.7. The first-order valence-electron chi connectivity index (χ1n) is 6.84. The van der Waals surface area contributed by atoms with Crippen LogP contribution in [0.5, 0.6) is 5.75 Å². The summed E-state index contributed by atoms with van der Waals surface area (Å²) in [6, 6.07) is 11.1. The van der Waals surface area contributed by atoms with Crippen LogP contribution in [-0.4, -0.2) is 34.3 Å². The Morgan fingerprint density at radius 3 is 2.90 bits per heavy atom. The number of likely N-dealkylation sites (tertiary alicyclic amines) is 1. The Morgan fingerprint density at radius 2 is 2.15 bits per heavy atom. The lowest BCUT2D eigenvalue weighted by Crippen LogP contribution is -2.40. The number of para-hydroxylation sites is 1. The minimum Gasteiger partial charge on any atom is -0.410 e. The Bertz CT molecular complexity index is 554. The number of carbonyl (C=O) groups is 1. The van der Waals surface area contributed by atoms with E-state index in [1.54, 1.807) is 23.2 Å². The van der Waals surface area contributed by atoms with Gasteiger partial charge in [-0.2, -0.15) is 5.10 Å². The van der Waals surface area contributed by atoms with E-state index in [9.17, 15) is 4.79 Å². The van der Waals surface area contributed by atoms with E-state index in [-0.39, 0.29) is 6.09 Å². The number of hydrogen-bond donors (Lipinski definition) is 1. The molecule has 1 saturated heterocycles. The number of carbonyl (C=O) groups excluding carboxylic acids is 1. The fraction of sp³-hybridized carbons (Fsp3) is 0.333. The summed E-state index contributed by atoms with van der Waals surface area (Å²) in [6.07, 6.45) is 3.52. The molecule has 2 heterocycles. The SMILES string of the molecule is O=C(Oc1ccccc1)N1CCCC(c2ccn[nH]2)C1. The molecule has 1 aromatic carbocycles. The highest BCUT2D eigenvalue weighted by atomic mass is 16.6. The van der Waals surface area contributed by atoms with Crippen molar-refractivity contribution in [2.24, 2.45) is 0 Å². The molecule has 1 fully saturated rings. The molecule has 1 N–H and O–H groups in total. The fourth-order valence-electron chi connectivity index (χ4n) is 2.54. The molecule has 5 heteroatoms. The van der Waals surface area contributed by atoms with Gasteiger partial charge in [-0.05, 0) is 31.0 Å². The summed E-state index contributed by atoms with van der Waals surface area (Å²) in [5, 5.41) is 6.96. The first-order valence-corrected chi connectivity index (χ1v) is 6.84. The average Bonchev–Trinajstić information content (AvgIpc) is 3.03. The van der Waals surface area contributed by atoms with Crippen LogP contribution in [0.2, 0.25) is 0 Å². The van der Waals surface area contributed by atoms with Crippen molar-refractivity contribution in [2.75, 3.05) is 13.1 Å². The second-order valence-corrected chi connectivity index (χ2v) is 4.98. The third-order valence-corrected chi connectivity index (χ3v) is 3.59. The molecule has 3 rings (SSSR count). The van der Waals surface area contributed by atoms with Gasteiger partial charge in [0.1, 0.15) is 5.75 Å². The van der Waals surface area contributed by atoms with Gasteiger partial charge in [-0.25, -0.2) is 4.79 Å². The number of nitrogens with one attached hydrogen (secondary N) is 1. The summed E-state index contributed by atoms with van der Waals surface area (Å²) in [4.78, 5) is 13.9. The number of piperidine rings is 1. The highest BCUT2D eigenvalue weighted by molar-refractivity contribution is 5.70. The van der Waals surface area contributed by atoms with Crippen LogP contribution in [0.3, 0.4) is 0 Å². The maximum atomic E-state index is 12.2. The highest BCUT2D eigenvalue weighted by Crippen LogP contribution is 2.25. The largest absolute Gasteiger partial charge is 0.415 e. The number of amides is 1. The summed E-state index contributed by atoms with van der Waals surface area (Å²) in [5.41, 5.74) is 1.09. The monoisotopic (exact) mass is 271 g/mol. The minimum absolute atomic E-state index is 0.277. The van der Waals surface area contributed by atoms with E-state index in [1.165, 1.54) is 0 Å². The normalized spacial score (nSPS) is 18.8. The number of aromatic amines is 1. The molecule has 1 aliphatic rings. The second kappa shape index (κ2) is 5.77. The van der Waals surface area contributed by atoms with E-state index < -0.39 is 0 Å². The lowest BCUT2D eigenvalue weighted by Gasteiger charge is -2.31. The van der Waals surface area contributed by atoms with Gasteiger partial charge < -0.3 is 9.64 Å². The van der Waals surface area contributed by atoms with Crippen LogP contribution >= 0.6 is 0 Å². The predicted octanol–water partition coefficient (Wildman–Crippen LogP) is 2.79. The van der Waals surface area contributed by atoms with Crippen molar-refractivity contribution < 1.29 is 9.53 Å². The summed E-state index contributed by atoms with van der Waals surface area (Å²) in [6.45, 7) is 1.42. The van der Waals surface area contributed by atoms with Gasteiger partial charge in [-0.15, -0.1) is 0 Å². The molecule has 0 aliphatic carbocycles. The number of rotatable bonds is 2. The first-order chi connectivity index (χ1) is 9.83. The molecule has 20 heavy (non-hydrogen) atoms. The van der Waals surface area contributed by atoms with Gasteiger partial charge in [-0.3, -0.25) is 5.10 Å². The average molecular weight is 271 g/mol. The molecule has 1 aliphatic heterocycles. The number of aromatic nitrogens is 2. The minimum atomic E-state index is -0.277. The van der Waals surface area contributed by atoms with E-state index in [4.69, 9.17) is 4.74 Å². The van der Waals surface area contributed by atoms with Gasteiger partial charge in [0.2, 0.25) is 0 Å². The zero-order valence-corrected chi connectivity index (χ0v) is 11.2. The molecular weight excluding hydrogens is 254 g/mol. The van der Waals surface area contributed by atoms with Crippen molar-refractivity contribution in [1.29, 1.82) is 0 Å². The van der Waals surface area contributed by atoms with Gasteiger partial charge in [0, 0.05) is 30.9 Å². The van der Waals surface area contributed by atoms with Crippen LogP contribution in [0.4, 0.5) is 4.79 Å². The molecule has 1 unspecified atom stereocenters. The van der Waals surface area contributed by atoms with Crippen LogP contribution in [0.15, 0.2) is 42.6 Å². The van der Waals surface area contributed by atoms with E-state index in [2.05, 4.69) is 10.2 Å². The molecule has 0 saturated carbocycles. The van der Waals surface area contributed by atoms with E-state index in [1.807, 2.05) is 24.3 Å². The van der Waals surface area contributed by atoms with Crippen molar-refractivity contribution in [3.63, 3.8) is 0 Å². The molecular formula is C15H17N3O2. The van der Waals surface area contributed by atoms with Crippen LogP contribution in [0.1, 0.15) is 24.5 Å². The Kier molecular flexibility index (Phi) is 3.67. The molecule has 104 valence electrons. The standard InChI is InChI=1S/C15H17N3O2/c19-15(20-13-6-2-1-3-7-13)18-10-4-5-12(11-18)14-8-9-16-17-14/h1-3,6-9,12H,4-5,10-11H2,(H,16,17). The second-order valence-electron chi connectivity index (χ2n) is 4.98. The molecule has 1 amide bonds. The number of nitrogens with zero attached hydrogens (tertiary/aromatic N) is 2. The number of hydrogen-bond acceptors (Lipinski definition) is 3. The molecule has 0 spiro atoms. The Morgan fingerprint density at radius 1 is 1.30 bits per heavy atom. The smallest absolute Gasteiger partial charge is 0.410 e. The highest BCUT2D eigenvalue weighted by Gasteiger charge is 2.26. The molecule has 1 atom stereocenters. The molecule has 5 nitrogen and oxygen atoms in total. The maximum absolute atomic E-state index is 12.2. The van der Waals surface area contributed by atoms with Crippen molar-refractivity contribution in [3.8, 4) is 5.75 Å². The Hall–Kier alpha value is -2.30. The van der Waals surface area contributed by atoms with Gasteiger partial charge in [0.25, 0.3) is 0 Å². The lowest BCUT2D eigenvalue weighted by atomic mass is 9.95. The zero-order valence-electron chi connectivity index (χ0n) is 11.2. The Balaban J connectivity index is 1.63. The van der Waals surface area contributed by atoms with Crippen LogP contribution in [0.25, 0.3) is 0 Å². The maximum Gasteiger partial charge on any atom is 0.415 e. The fourth-order valence-corrected chi connectivity index (χ4v) is 2.54. The Labute approximate surface area is 117 Å². The number of H-pyrrole nitrogens is 1. The van der Waals surface area contributed by atoms with Gasteiger partial charge >= 0.3 is 6.09 Å². The van der Waals surface area contributed by atoms with Crippen molar-refractivity contribution in [1.82, 2.24) is 15.1 Å². The number of benzene rings is 1. The van der Waals surface area contributed by atoms with Crippen LogP contribution < -0.4 is 4.74 Å². The van der Waals surface area contributed by atoms with Gasteiger partial charge in [-0.1, -0.05) is 18.2 Å². The molecule has 2 aromatic rings. The quantitative estimate of drug-likeness (QED) is 0.913. The zero-order chi connectivity index (χ0) is 13.8. The van der Waals surface area contributed by atoms with Gasteiger partial charge in [0.15, 0.2) is 0 Å². The van der Waals surface area contributed by atoms with Gasteiger partial charge in [0.05, 0.1) is 0 Å². The summed E-state index contributed by atoms with van der Waals surface area (Å²) in [7, 11) is 0. The molecule has 1 aromatic heterocycles. The molecule has 0 radical (unpaired) electrons. The van der Waals surface area contributed by atoms with E-state index >= 15 is 0 Å². The molecule has 0 bridgehead atoms. The van der Waals surface area contributed by atoms with Crippen molar-refractivity contribution in [2.45, 2.75) is 18.8 Å². The summed E-state index contributed by atoms with van der Waals surface area (Å²) in [5.74, 6) is 0.899. The lowest BCUT2D eigenvalue weighted by molar-refractivity contribution is 0.136. The van der Waals surface area contributed by atoms with E-state index in [0.29, 0.717) is 18.2 Å². The van der Waals surface area contributed by atoms with Crippen LogP contribution in [-0.2, 0) is 0 Å². The van der Waals surface area contributed by atoms with Crippen LogP contribution in [0, 0.1) is 0 Å².